The number of fused-ring (bicyclic) bond motifs is 1. The van der Waals surface area contributed by atoms with E-state index >= 15 is 0 Å². The predicted molar refractivity (Wildman–Crippen MR) is 77.1 cm³/mol. The molecule has 1 atom stereocenters. The van der Waals surface area contributed by atoms with Crippen LogP contribution in [0.4, 0.5) is 0 Å². The number of aryl methyl sites for hydroxylation is 1. The minimum absolute atomic E-state index is 0.142. The maximum atomic E-state index is 9.94. The molecule has 0 spiro atoms. The second-order valence-electron chi connectivity index (χ2n) is 5.07. The van der Waals surface area contributed by atoms with Crippen molar-refractivity contribution in [3.63, 3.8) is 0 Å². The molecule has 1 heterocycles. The van der Waals surface area contributed by atoms with Crippen molar-refractivity contribution in [2.45, 2.75) is 31.3 Å². The summed E-state index contributed by atoms with van der Waals surface area (Å²) in [5.41, 5.74) is 4.17. The van der Waals surface area contributed by atoms with Gasteiger partial charge in [0.1, 0.15) is 0 Å². The Morgan fingerprint density at radius 2 is 2.26 bits per heavy atom. The zero-order valence-corrected chi connectivity index (χ0v) is 11.6. The summed E-state index contributed by atoms with van der Waals surface area (Å²) < 4.78 is 0. The molecule has 19 heavy (non-hydrogen) atoms. The summed E-state index contributed by atoms with van der Waals surface area (Å²) in [6.07, 6.45) is 5.10. The number of hydrogen-bond acceptors (Lipinski definition) is 4. The lowest BCUT2D eigenvalue weighted by atomic mass is 9.77. The topological polar surface area (TPSA) is 45.1 Å². The van der Waals surface area contributed by atoms with Gasteiger partial charge >= 0.3 is 0 Å². The molecule has 0 aliphatic heterocycles. The summed E-state index contributed by atoms with van der Waals surface area (Å²) in [7, 11) is 0. The minimum atomic E-state index is -0.293. The molecule has 0 bridgehead atoms. The Bertz CT molecular complexity index is 541. The van der Waals surface area contributed by atoms with Gasteiger partial charge in [-0.15, -0.1) is 11.3 Å². The molecule has 1 aromatic carbocycles. The first-order chi connectivity index (χ1) is 9.34. The van der Waals surface area contributed by atoms with Gasteiger partial charge in [-0.2, -0.15) is 0 Å². The van der Waals surface area contributed by atoms with E-state index in [2.05, 4.69) is 34.6 Å². The average molecular weight is 274 g/mol. The normalized spacial score (nSPS) is 22.2. The number of nitrogens with zero attached hydrogens (tertiary/aromatic N) is 1. The van der Waals surface area contributed by atoms with Crippen molar-refractivity contribution in [1.29, 1.82) is 0 Å². The third-order valence-electron chi connectivity index (χ3n) is 3.94. The smallest absolute Gasteiger partial charge is 0.0794 e. The molecule has 1 aromatic heterocycles. The molecule has 0 radical (unpaired) electrons. The standard InChI is InChI=1S/C15H18N2OS/c18-10-15(17-9-13-8-16-11-19-13)7-3-5-12-4-1-2-6-14(12)15/h1-2,4,6,8,11,17-18H,3,5,7,9-10H2. The molecule has 3 rings (SSSR count). The molecule has 0 saturated heterocycles. The Labute approximate surface area is 117 Å². The van der Waals surface area contributed by atoms with Crippen LogP contribution in [0.15, 0.2) is 36.0 Å². The van der Waals surface area contributed by atoms with Crippen LogP contribution in [0.25, 0.3) is 0 Å². The quantitative estimate of drug-likeness (QED) is 0.900. The number of aliphatic hydroxyl groups excluding tert-OH is 1. The molecule has 0 amide bonds. The van der Waals surface area contributed by atoms with Crippen LogP contribution in [0, 0.1) is 0 Å². The fourth-order valence-electron chi connectivity index (χ4n) is 2.91. The highest BCUT2D eigenvalue weighted by Gasteiger charge is 2.35. The van der Waals surface area contributed by atoms with E-state index in [1.807, 2.05) is 11.7 Å². The molecule has 1 aliphatic rings. The van der Waals surface area contributed by atoms with E-state index in [1.54, 1.807) is 11.3 Å². The Balaban J connectivity index is 1.87. The van der Waals surface area contributed by atoms with Gasteiger partial charge in [-0.05, 0) is 30.4 Å². The minimum Gasteiger partial charge on any atom is -0.394 e. The van der Waals surface area contributed by atoms with Gasteiger partial charge in [0.2, 0.25) is 0 Å². The Morgan fingerprint density at radius 3 is 3.05 bits per heavy atom. The van der Waals surface area contributed by atoms with Gasteiger partial charge in [-0.25, -0.2) is 0 Å². The van der Waals surface area contributed by atoms with Gasteiger partial charge in [0.25, 0.3) is 0 Å². The van der Waals surface area contributed by atoms with Crippen LogP contribution >= 0.6 is 11.3 Å². The first-order valence-electron chi connectivity index (χ1n) is 6.66. The van der Waals surface area contributed by atoms with Crippen LogP contribution in [0.2, 0.25) is 0 Å². The largest absolute Gasteiger partial charge is 0.394 e. The Morgan fingerprint density at radius 1 is 1.37 bits per heavy atom. The van der Waals surface area contributed by atoms with E-state index in [0.717, 1.165) is 25.8 Å². The van der Waals surface area contributed by atoms with Crippen molar-refractivity contribution >= 4 is 11.3 Å². The summed E-state index contributed by atoms with van der Waals surface area (Å²) in [5, 5.41) is 13.5. The summed E-state index contributed by atoms with van der Waals surface area (Å²) in [5.74, 6) is 0. The number of benzene rings is 1. The van der Waals surface area contributed by atoms with E-state index in [-0.39, 0.29) is 12.1 Å². The van der Waals surface area contributed by atoms with Crippen LogP contribution in [-0.2, 0) is 18.5 Å². The highest BCUT2D eigenvalue weighted by atomic mass is 32.1. The molecule has 2 N–H and O–H groups in total. The van der Waals surface area contributed by atoms with Gasteiger partial charge < -0.3 is 10.4 Å². The van der Waals surface area contributed by atoms with E-state index in [1.165, 1.54) is 16.0 Å². The zero-order chi connectivity index (χ0) is 13.1. The monoisotopic (exact) mass is 274 g/mol. The van der Waals surface area contributed by atoms with Crippen LogP contribution < -0.4 is 5.32 Å². The van der Waals surface area contributed by atoms with Crippen LogP contribution in [0.3, 0.4) is 0 Å². The second kappa shape index (κ2) is 5.41. The van der Waals surface area contributed by atoms with E-state index in [9.17, 15) is 5.11 Å². The third kappa shape index (κ3) is 2.43. The lowest BCUT2D eigenvalue weighted by Gasteiger charge is -2.38. The lowest BCUT2D eigenvalue weighted by Crippen LogP contribution is -2.47. The highest BCUT2D eigenvalue weighted by molar-refractivity contribution is 7.09. The fourth-order valence-corrected chi connectivity index (χ4v) is 3.44. The molecular formula is C15H18N2OS. The van der Waals surface area contributed by atoms with Gasteiger partial charge in [0.05, 0.1) is 17.7 Å². The number of aromatic nitrogens is 1. The Hall–Kier alpha value is -1.23. The summed E-state index contributed by atoms with van der Waals surface area (Å²) in [6.45, 7) is 0.905. The predicted octanol–water partition coefficient (Wildman–Crippen LogP) is 2.46. The van der Waals surface area contributed by atoms with Crippen molar-refractivity contribution < 1.29 is 5.11 Å². The van der Waals surface area contributed by atoms with Gasteiger partial charge in [-0.1, -0.05) is 24.3 Å². The van der Waals surface area contributed by atoms with Crippen molar-refractivity contribution in [3.05, 3.63) is 52.0 Å². The fraction of sp³-hybridized carbons (Fsp3) is 0.400. The SMILES string of the molecule is OCC1(NCc2cncs2)CCCc2ccccc21. The van der Waals surface area contributed by atoms with Gasteiger partial charge in [0.15, 0.2) is 0 Å². The second-order valence-corrected chi connectivity index (χ2v) is 6.04. The highest BCUT2D eigenvalue weighted by Crippen LogP contribution is 2.35. The number of rotatable bonds is 4. The number of nitrogens with one attached hydrogen (secondary N) is 1. The average Bonchev–Trinajstić information content (AvgIpc) is 2.98. The van der Waals surface area contributed by atoms with Crippen LogP contribution in [-0.4, -0.2) is 16.7 Å². The molecular weight excluding hydrogens is 256 g/mol. The van der Waals surface area contributed by atoms with E-state index in [0.29, 0.717) is 0 Å². The molecule has 0 fully saturated rings. The lowest BCUT2D eigenvalue weighted by molar-refractivity contribution is 0.140. The van der Waals surface area contributed by atoms with Crippen molar-refractivity contribution in [3.8, 4) is 0 Å². The van der Waals surface area contributed by atoms with Crippen molar-refractivity contribution in [1.82, 2.24) is 10.3 Å². The summed E-state index contributed by atoms with van der Waals surface area (Å²) >= 11 is 1.65. The number of aliphatic hydroxyl groups is 1. The zero-order valence-electron chi connectivity index (χ0n) is 10.8. The molecule has 2 aromatic rings. The van der Waals surface area contributed by atoms with E-state index in [4.69, 9.17) is 0 Å². The summed E-state index contributed by atoms with van der Waals surface area (Å²) in [6, 6.07) is 8.45. The molecule has 1 aliphatic carbocycles. The van der Waals surface area contributed by atoms with Crippen molar-refractivity contribution in [2.75, 3.05) is 6.61 Å². The van der Waals surface area contributed by atoms with Crippen LogP contribution in [0.5, 0.6) is 0 Å². The Kier molecular flexibility index (Phi) is 3.64. The van der Waals surface area contributed by atoms with E-state index < -0.39 is 0 Å². The molecule has 3 nitrogen and oxygen atoms in total. The first-order valence-corrected chi connectivity index (χ1v) is 7.54. The maximum Gasteiger partial charge on any atom is 0.0794 e. The molecule has 4 heteroatoms. The van der Waals surface area contributed by atoms with Gasteiger partial charge in [0, 0.05) is 17.6 Å². The molecule has 0 saturated carbocycles. The third-order valence-corrected chi connectivity index (χ3v) is 4.72. The van der Waals surface area contributed by atoms with Crippen LogP contribution in [0.1, 0.15) is 28.8 Å². The summed E-state index contributed by atoms with van der Waals surface area (Å²) in [4.78, 5) is 5.30. The van der Waals surface area contributed by atoms with Crippen molar-refractivity contribution in [2.24, 2.45) is 0 Å². The first kappa shape index (κ1) is 12.8. The van der Waals surface area contributed by atoms with Gasteiger partial charge in [-0.3, -0.25) is 4.98 Å². The number of hydrogen-bond donors (Lipinski definition) is 2. The molecule has 100 valence electrons. The maximum absolute atomic E-state index is 9.94. The number of thiazole rings is 1. The molecule has 1 unspecified atom stereocenters.